The summed E-state index contributed by atoms with van der Waals surface area (Å²) >= 11 is 0. The summed E-state index contributed by atoms with van der Waals surface area (Å²) in [7, 11) is 0. The fraction of sp³-hybridized carbons (Fsp3) is 0.429. The monoisotopic (exact) mass is 550 g/mol. The Morgan fingerprint density at radius 1 is 0.902 bits per heavy atom. The van der Waals surface area contributed by atoms with Gasteiger partial charge in [0, 0.05) is 36.8 Å². The van der Waals surface area contributed by atoms with Crippen LogP contribution in [0.25, 0.3) is 11.0 Å². The van der Waals surface area contributed by atoms with Crippen LogP contribution in [0.5, 0.6) is 0 Å². The number of carbonyl (C=O) groups excluding carboxylic acids is 1. The Kier molecular flexibility index (Phi) is 6.90. The second kappa shape index (κ2) is 10.7. The van der Waals surface area contributed by atoms with Crippen LogP contribution in [-0.4, -0.2) is 57.0 Å². The van der Waals surface area contributed by atoms with Crippen molar-refractivity contribution in [3.05, 3.63) is 102 Å². The summed E-state index contributed by atoms with van der Waals surface area (Å²) in [5.41, 5.74) is 4.25. The van der Waals surface area contributed by atoms with E-state index in [1.54, 1.807) is 12.1 Å². The molecule has 0 unspecified atom stereocenters. The van der Waals surface area contributed by atoms with E-state index in [0.717, 1.165) is 37.1 Å². The average molecular weight is 551 g/mol. The Morgan fingerprint density at radius 2 is 1.61 bits per heavy atom. The van der Waals surface area contributed by atoms with E-state index in [-0.39, 0.29) is 17.1 Å². The molecule has 6 heteroatoms. The van der Waals surface area contributed by atoms with E-state index in [1.807, 2.05) is 4.90 Å². The smallest absolute Gasteiger partial charge is 0.253 e. The third-order valence-corrected chi connectivity index (χ3v) is 10.3. The van der Waals surface area contributed by atoms with Crippen LogP contribution in [0.1, 0.15) is 72.7 Å². The molecule has 2 bridgehead atoms. The molecule has 3 aliphatic heterocycles. The van der Waals surface area contributed by atoms with Gasteiger partial charge in [0.05, 0.1) is 11.0 Å². The fourth-order valence-corrected chi connectivity index (χ4v) is 8.21. The summed E-state index contributed by atoms with van der Waals surface area (Å²) < 4.78 is 16.3. The lowest BCUT2D eigenvalue weighted by molar-refractivity contribution is 0.0606. The minimum atomic E-state index is -0.360. The van der Waals surface area contributed by atoms with Crippen molar-refractivity contribution in [1.29, 1.82) is 0 Å². The summed E-state index contributed by atoms with van der Waals surface area (Å²) in [5.74, 6) is 0.710. The number of likely N-dealkylation sites (tertiary alicyclic amines) is 1. The molecule has 3 aromatic carbocycles. The summed E-state index contributed by atoms with van der Waals surface area (Å²) in [6, 6.07) is 27.3. The van der Waals surface area contributed by atoms with Crippen LogP contribution in [0, 0.1) is 12.7 Å². The van der Waals surface area contributed by atoms with Crippen LogP contribution in [0.2, 0.25) is 0 Å². The second-order valence-corrected chi connectivity index (χ2v) is 12.5. The van der Waals surface area contributed by atoms with Crippen molar-refractivity contribution in [2.24, 2.45) is 0 Å². The molecule has 5 nitrogen and oxygen atoms in total. The number of hydrogen-bond acceptors (Lipinski definition) is 3. The van der Waals surface area contributed by atoms with E-state index < -0.39 is 0 Å². The predicted octanol–water partition coefficient (Wildman–Crippen LogP) is 6.92. The summed E-state index contributed by atoms with van der Waals surface area (Å²) in [6.07, 6.45) is 7.90. The van der Waals surface area contributed by atoms with E-state index in [0.29, 0.717) is 36.8 Å². The van der Waals surface area contributed by atoms with Gasteiger partial charge in [-0.1, -0.05) is 48.5 Å². The molecular formula is C35H39FN4O. The first-order valence-corrected chi connectivity index (χ1v) is 15.3. The highest BCUT2D eigenvalue weighted by atomic mass is 19.1. The molecule has 0 saturated carbocycles. The van der Waals surface area contributed by atoms with Gasteiger partial charge in [0.15, 0.2) is 0 Å². The Morgan fingerprint density at radius 3 is 2.34 bits per heavy atom. The molecule has 41 heavy (non-hydrogen) atoms. The molecule has 3 atom stereocenters. The zero-order valence-corrected chi connectivity index (χ0v) is 23.9. The zero-order chi connectivity index (χ0) is 28.0. The van der Waals surface area contributed by atoms with Gasteiger partial charge in [-0.3, -0.25) is 9.69 Å². The van der Waals surface area contributed by atoms with Crippen LogP contribution in [0.15, 0.2) is 78.9 Å². The number of piperidine rings is 2. The molecule has 0 spiro atoms. The first kappa shape index (κ1) is 26.4. The van der Waals surface area contributed by atoms with Gasteiger partial charge < -0.3 is 9.47 Å². The minimum Gasteiger partial charge on any atom is -0.339 e. The van der Waals surface area contributed by atoms with Crippen molar-refractivity contribution in [1.82, 2.24) is 19.4 Å². The number of carbonyl (C=O) groups is 1. The van der Waals surface area contributed by atoms with E-state index in [1.165, 1.54) is 48.9 Å². The quantitative estimate of drug-likeness (QED) is 0.262. The molecule has 1 aromatic heterocycles. The molecule has 1 amide bonds. The number of rotatable bonds is 6. The van der Waals surface area contributed by atoms with Gasteiger partial charge >= 0.3 is 0 Å². The number of amides is 1. The topological polar surface area (TPSA) is 41.4 Å². The van der Waals surface area contributed by atoms with Crippen molar-refractivity contribution in [3.63, 3.8) is 0 Å². The number of hydrogen-bond donors (Lipinski definition) is 0. The van der Waals surface area contributed by atoms with Gasteiger partial charge in [-0.25, -0.2) is 9.37 Å². The Bertz CT molecular complexity index is 1530. The van der Waals surface area contributed by atoms with Crippen LogP contribution in [-0.2, 0) is 5.41 Å². The maximum atomic E-state index is 13.8. The van der Waals surface area contributed by atoms with Gasteiger partial charge in [-0.15, -0.1) is 0 Å². The average Bonchev–Trinajstić information content (AvgIpc) is 3.46. The molecule has 7 rings (SSSR count). The number of aryl methyl sites for hydroxylation is 1. The van der Waals surface area contributed by atoms with Crippen molar-refractivity contribution in [3.8, 4) is 0 Å². The molecule has 0 N–H and O–H groups in total. The largest absolute Gasteiger partial charge is 0.339 e. The molecule has 3 aliphatic rings. The van der Waals surface area contributed by atoms with Crippen molar-refractivity contribution < 1.29 is 9.18 Å². The van der Waals surface area contributed by atoms with Gasteiger partial charge in [-0.05, 0) is 99.7 Å². The van der Waals surface area contributed by atoms with E-state index in [9.17, 15) is 9.18 Å². The molecule has 3 saturated heterocycles. The molecule has 3 fully saturated rings. The van der Waals surface area contributed by atoms with Gasteiger partial charge in [0.25, 0.3) is 5.91 Å². The number of para-hydroxylation sites is 2. The SMILES string of the molecule is Cc1nc2ccccc2n1[C@H]1C[C@H]2CC[C@@H](C1)N2CCC1(c2ccccc2)CCN(C(=O)c2cccc(F)c2)CC1. The summed E-state index contributed by atoms with van der Waals surface area (Å²) in [6.45, 7) is 4.65. The number of halogens is 1. The van der Waals surface area contributed by atoms with Gasteiger partial charge in [-0.2, -0.15) is 0 Å². The van der Waals surface area contributed by atoms with Crippen LogP contribution in [0.4, 0.5) is 4.39 Å². The minimum absolute atomic E-state index is 0.0490. The third-order valence-electron chi connectivity index (χ3n) is 10.3. The number of fused-ring (bicyclic) bond motifs is 3. The van der Waals surface area contributed by atoms with Crippen LogP contribution in [0.3, 0.4) is 0 Å². The van der Waals surface area contributed by atoms with Gasteiger partial charge in [0.2, 0.25) is 0 Å². The summed E-state index contributed by atoms with van der Waals surface area (Å²) in [5, 5.41) is 0. The lowest BCUT2D eigenvalue weighted by Gasteiger charge is -2.45. The molecule has 0 aliphatic carbocycles. The first-order chi connectivity index (χ1) is 20.0. The standard InChI is InChI=1S/C35H39FN4O/c1-25-37-32-12-5-6-13-33(32)40(25)31-23-29-14-15-30(24-31)39(29)21-18-35(27-9-3-2-4-10-27)16-19-38(20-17-35)34(41)26-8-7-11-28(36)22-26/h2-13,22,29-31H,14-21,23-24H2,1H3/t29-,30+,31+. The lowest BCUT2D eigenvalue weighted by atomic mass is 9.70. The Labute approximate surface area is 242 Å². The predicted molar refractivity (Wildman–Crippen MR) is 161 cm³/mol. The number of benzene rings is 3. The van der Waals surface area contributed by atoms with E-state index in [2.05, 4.69) is 71.0 Å². The van der Waals surface area contributed by atoms with E-state index >= 15 is 0 Å². The van der Waals surface area contributed by atoms with Crippen LogP contribution < -0.4 is 0 Å². The molecule has 0 radical (unpaired) electrons. The highest BCUT2D eigenvalue weighted by Gasteiger charge is 2.44. The second-order valence-electron chi connectivity index (χ2n) is 12.5. The van der Waals surface area contributed by atoms with Crippen LogP contribution >= 0.6 is 0 Å². The Balaban J connectivity index is 1.06. The van der Waals surface area contributed by atoms with Crippen molar-refractivity contribution >= 4 is 16.9 Å². The first-order valence-electron chi connectivity index (χ1n) is 15.3. The normalized spacial score (nSPS) is 24.1. The maximum Gasteiger partial charge on any atom is 0.253 e. The highest BCUT2D eigenvalue weighted by molar-refractivity contribution is 5.94. The van der Waals surface area contributed by atoms with E-state index in [4.69, 9.17) is 4.98 Å². The van der Waals surface area contributed by atoms with Crippen molar-refractivity contribution in [2.75, 3.05) is 19.6 Å². The molecule has 4 heterocycles. The summed E-state index contributed by atoms with van der Waals surface area (Å²) in [4.78, 5) is 22.8. The number of aromatic nitrogens is 2. The maximum absolute atomic E-state index is 13.8. The van der Waals surface area contributed by atoms with Gasteiger partial charge in [0.1, 0.15) is 11.6 Å². The Hall–Kier alpha value is -3.51. The highest BCUT2D eigenvalue weighted by Crippen LogP contribution is 2.45. The van der Waals surface area contributed by atoms with Crippen molar-refractivity contribution in [2.45, 2.75) is 75.4 Å². The number of nitrogens with zero attached hydrogens (tertiary/aromatic N) is 4. The number of imidazole rings is 1. The molecular weight excluding hydrogens is 511 g/mol. The lowest BCUT2D eigenvalue weighted by Crippen LogP contribution is -2.49. The zero-order valence-electron chi connectivity index (χ0n) is 23.9. The third kappa shape index (κ3) is 4.86. The molecule has 4 aromatic rings. The fourth-order valence-electron chi connectivity index (χ4n) is 8.21. The molecule has 212 valence electrons.